The molecule has 1 aliphatic rings. The van der Waals surface area contributed by atoms with E-state index < -0.39 is 0 Å². The number of anilines is 2. The number of hydrogen-bond acceptors (Lipinski definition) is 3. The van der Waals surface area contributed by atoms with Crippen molar-refractivity contribution >= 4 is 51.8 Å². The van der Waals surface area contributed by atoms with Crippen LogP contribution in [0.5, 0.6) is 0 Å². The number of allylic oxidation sites excluding steroid dienone is 3. The number of H-pyrrole nitrogens is 1. The van der Waals surface area contributed by atoms with Gasteiger partial charge < -0.3 is 15.6 Å². The molecule has 1 aliphatic carbocycles. The Labute approximate surface area is 197 Å². The number of nitrogens with one attached hydrogen (secondary N) is 3. The smallest absolute Gasteiger partial charge is 0.256 e. The van der Waals surface area contributed by atoms with Crippen LogP contribution >= 0.6 is 23.2 Å². The molecule has 0 saturated heterocycles. The van der Waals surface area contributed by atoms with Crippen LogP contribution in [0.25, 0.3) is 11.0 Å². The molecule has 32 heavy (non-hydrogen) atoms. The lowest BCUT2D eigenvalue weighted by Crippen LogP contribution is -2.14. The molecule has 166 valence electrons. The second-order valence-electron chi connectivity index (χ2n) is 9.05. The Bertz CT molecular complexity index is 1250. The molecule has 0 radical (unpaired) electrons. The van der Waals surface area contributed by atoms with Gasteiger partial charge in [0.05, 0.1) is 21.8 Å². The molecule has 0 atom stereocenters. The van der Waals surface area contributed by atoms with E-state index >= 15 is 0 Å². The van der Waals surface area contributed by atoms with Crippen molar-refractivity contribution < 1.29 is 4.79 Å². The third-order valence-corrected chi connectivity index (χ3v) is 6.24. The number of benzene rings is 2. The molecule has 0 fully saturated rings. The molecule has 0 unspecified atom stereocenters. The molecule has 2 aromatic carbocycles. The van der Waals surface area contributed by atoms with Gasteiger partial charge in [-0.25, -0.2) is 4.98 Å². The Kier molecular flexibility index (Phi) is 6.06. The number of hydrogen-bond donors (Lipinski definition) is 3. The van der Waals surface area contributed by atoms with Gasteiger partial charge >= 0.3 is 0 Å². The van der Waals surface area contributed by atoms with E-state index in [1.54, 1.807) is 6.07 Å². The topological polar surface area (TPSA) is 69.8 Å². The van der Waals surface area contributed by atoms with Gasteiger partial charge in [-0.15, -0.1) is 0 Å². The summed E-state index contributed by atoms with van der Waals surface area (Å²) in [6, 6.07) is 11.7. The van der Waals surface area contributed by atoms with Crippen LogP contribution in [-0.4, -0.2) is 15.9 Å². The first kappa shape index (κ1) is 22.4. The molecule has 0 saturated carbocycles. The first-order chi connectivity index (χ1) is 15.1. The summed E-state index contributed by atoms with van der Waals surface area (Å²) in [7, 11) is 0. The van der Waals surface area contributed by atoms with Crippen LogP contribution in [0, 0.1) is 6.92 Å². The van der Waals surface area contributed by atoms with Gasteiger partial charge in [-0.3, -0.25) is 4.79 Å². The Morgan fingerprint density at radius 1 is 1.12 bits per heavy atom. The summed E-state index contributed by atoms with van der Waals surface area (Å²) in [5.41, 5.74) is 5.62. The van der Waals surface area contributed by atoms with Crippen molar-refractivity contribution in [2.45, 2.75) is 46.0 Å². The van der Waals surface area contributed by atoms with Gasteiger partial charge in [0.15, 0.2) is 0 Å². The summed E-state index contributed by atoms with van der Waals surface area (Å²) < 4.78 is 0. The average Bonchev–Trinajstić information content (AvgIpc) is 3.11. The van der Waals surface area contributed by atoms with Crippen molar-refractivity contribution in [2.24, 2.45) is 0 Å². The van der Waals surface area contributed by atoms with Crippen molar-refractivity contribution in [1.82, 2.24) is 9.97 Å². The fourth-order valence-electron chi connectivity index (χ4n) is 3.65. The predicted molar refractivity (Wildman–Crippen MR) is 134 cm³/mol. The number of carbonyl (C=O) groups is 1. The fourth-order valence-corrected chi connectivity index (χ4v) is 4.23. The Morgan fingerprint density at radius 3 is 2.50 bits per heavy atom. The Morgan fingerprint density at radius 2 is 1.84 bits per heavy atom. The van der Waals surface area contributed by atoms with Gasteiger partial charge in [0, 0.05) is 16.3 Å². The molecule has 1 aromatic heterocycles. The highest BCUT2D eigenvalue weighted by Gasteiger charge is 2.18. The average molecular weight is 469 g/mol. The first-order valence-electron chi connectivity index (χ1n) is 10.6. The fraction of sp³-hybridized carbons (Fsp3) is 0.280. The lowest BCUT2D eigenvalue weighted by molar-refractivity contribution is 0.102. The van der Waals surface area contributed by atoms with Crippen LogP contribution in [0.2, 0.25) is 0 Å². The highest BCUT2D eigenvalue weighted by atomic mass is 35.5. The number of nitrogens with zero attached hydrogens (tertiary/aromatic N) is 1. The predicted octanol–water partition coefficient (Wildman–Crippen LogP) is 7.20. The van der Waals surface area contributed by atoms with Crippen LogP contribution in [0.3, 0.4) is 0 Å². The van der Waals surface area contributed by atoms with E-state index in [9.17, 15) is 4.79 Å². The molecule has 7 heteroatoms. The standard InChI is InChI=1S/C25H26Cl2N4O/c1-14-12-20-21(30-24(29-20)31-22-18(26)6-5-7-19(22)27)13-17(14)23(32)28-16-10-8-15(9-11-16)25(2,3)4/h6,8-13H,5,7H2,1-4H3,(H,28,32)(H2,29,30,31). The minimum absolute atomic E-state index is 0.0633. The molecule has 3 N–H and O–H groups in total. The van der Waals surface area contributed by atoms with E-state index in [4.69, 9.17) is 23.2 Å². The second-order valence-corrected chi connectivity index (χ2v) is 9.91. The van der Waals surface area contributed by atoms with Crippen molar-refractivity contribution in [1.29, 1.82) is 0 Å². The summed E-state index contributed by atoms with van der Waals surface area (Å²) in [6.07, 6.45) is 3.49. The van der Waals surface area contributed by atoms with Crippen LogP contribution in [0.15, 0.2) is 58.2 Å². The molecular weight excluding hydrogens is 443 g/mol. The Balaban J connectivity index is 1.56. The van der Waals surface area contributed by atoms with E-state index in [1.165, 1.54) is 5.56 Å². The zero-order valence-electron chi connectivity index (χ0n) is 18.6. The number of aryl methyl sites for hydroxylation is 1. The SMILES string of the molecule is Cc1cc2[nH]c(NC3=C(Cl)CCC=C3Cl)nc2cc1C(=O)Nc1ccc(C(C)(C)C)cc1. The van der Waals surface area contributed by atoms with Crippen LogP contribution in [-0.2, 0) is 5.41 Å². The first-order valence-corrected chi connectivity index (χ1v) is 11.3. The highest BCUT2D eigenvalue weighted by Crippen LogP contribution is 2.31. The quantitative estimate of drug-likeness (QED) is 0.378. The molecular formula is C25H26Cl2N4O. The van der Waals surface area contributed by atoms with Crippen LogP contribution in [0.1, 0.15) is 55.1 Å². The zero-order valence-corrected chi connectivity index (χ0v) is 20.1. The number of fused-ring (bicyclic) bond motifs is 1. The lowest BCUT2D eigenvalue weighted by atomic mass is 9.87. The number of amides is 1. The number of rotatable bonds is 4. The normalized spacial score (nSPS) is 14.5. The van der Waals surface area contributed by atoms with E-state index in [0.717, 1.165) is 29.6 Å². The molecule has 4 rings (SSSR count). The maximum atomic E-state index is 13.0. The molecule has 3 aromatic rings. The maximum Gasteiger partial charge on any atom is 0.256 e. The molecule has 1 amide bonds. The van der Waals surface area contributed by atoms with Gasteiger partial charge in [0.1, 0.15) is 0 Å². The minimum atomic E-state index is -0.172. The van der Waals surface area contributed by atoms with Gasteiger partial charge in [-0.2, -0.15) is 0 Å². The maximum absolute atomic E-state index is 13.0. The molecule has 5 nitrogen and oxygen atoms in total. The third-order valence-electron chi connectivity index (χ3n) is 5.52. The summed E-state index contributed by atoms with van der Waals surface area (Å²) in [4.78, 5) is 20.8. The van der Waals surface area contributed by atoms with Crippen LogP contribution < -0.4 is 10.6 Å². The van der Waals surface area contributed by atoms with E-state index in [2.05, 4.69) is 41.4 Å². The van der Waals surface area contributed by atoms with Gasteiger partial charge in [-0.05, 0) is 60.6 Å². The van der Waals surface area contributed by atoms with Gasteiger partial charge in [0.2, 0.25) is 5.95 Å². The van der Waals surface area contributed by atoms with Crippen LogP contribution in [0.4, 0.5) is 11.6 Å². The number of imidazole rings is 1. The lowest BCUT2D eigenvalue weighted by Gasteiger charge is -2.19. The second kappa shape index (κ2) is 8.64. The minimum Gasteiger partial charge on any atom is -0.324 e. The Hall–Kier alpha value is -2.76. The van der Waals surface area contributed by atoms with Crippen molar-refractivity contribution in [2.75, 3.05) is 10.6 Å². The molecule has 0 spiro atoms. The summed E-state index contributed by atoms with van der Waals surface area (Å²) in [6.45, 7) is 8.39. The number of carbonyl (C=O) groups excluding carboxylic acids is 1. The van der Waals surface area contributed by atoms with E-state index in [-0.39, 0.29) is 11.3 Å². The van der Waals surface area contributed by atoms with Gasteiger partial charge in [-0.1, -0.05) is 62.2 Å². The van der Waals surface area contributed by atoms with Crippen molar-refractivity contribution in [3.8, 4) is 0 Å². The largest absolute Gasteiger partial charge is 0.324 e. The third kappa shape index (κ3) is 4.69. The molecule has 0 bridgehead atoms. The number of aromatic amines is 1. The van der Waals surface area contributed by atoms with Gasteiger partial charge in [0.25, 0.3) is 5.91 Å². The summed E-state index contributed by atoms with van der Waals surface area (Å²) in [5.74, 6) is 0.353. The van der Waals surface area contributed by atoms with Crippen molar-refractivity contribution in [3.63, 3.8) is 0 Å². The van der Waals surface area contributed by atoms with E-state index in [0.29, 0.717) is 32.8 Å². The summed E-state index contributed by atoms with van der Waals surface area (Å²) in [5, 5.41) is 7.41. The highest BCUT2D eigenvalue weighted by molar-refractivity contribution is 6.36. The summed E-state index contributed by atoms with van der Waals surface area (Å²) >= 11 is 12.6. The molecule has 0 aliphatic heterocycles. The molecule has 1 heterocycles. The zero-order chi connectivity index (χ0) is 23.0. The van der Waals surface area contributed by atoms with E-state index in [1.807, 2.05) is 43.3 Å². The number of aromatic nitrogens is 2. The van der Waals surface area contributed by atoms with Crippen molar-refractivity contribution in [3.05, 3.63) is 74.9 Å². The number of halogens is 2. The monoisotopic (exact) mass is 468 g/mol.